The molecule has 0 saturated carbocycles. The molecule has 1 fully saturated rings. The number of hydrogen-bond acceptors (Lipinski definition) is 2. The largest absolute Gasteiger partial charge is 0.362 e. The summed E-state index contributed by atoms with van der Waals surface area (Å²) < 4.78 is 0. The maximum Gasteiger partial charge on any atom is 0.170 e. The maximum absolute atomic E-state index is 5.33. The van der Waals surface area contributed by atoms with Crippen LogP contribution in [0.3, 0.4) is 0 Å². The molecule has 1 heterocycles. The van der Waals surface area contributed by atoms with Gasteiger partial charge in [-0.2, -0.15) is 0 Å². The highest BCUT2D eigenvalue weighted by atomic mass is 32.1. The van der Waals surface area contributed by atoms with E-state index < -0.39 is 0 Å². The van der Waals surface area contributed by atoms with Gasteiger partial charge in [-0.15, -0.1) is 0 Å². The minimum atomic E-state index is 0.719. The van der Waals surface area contributed by atoms with Gasteiger partial charge in [-0.1, -0.05) is 6.07 Å². The average Bonchev–Trinajstić information content (AvgIpc) is 2.86. The highest BCUT2D eigenvalue weighted by Gasteiger charge is 2.10. The number of hydrogen-bond donors (Lipinski definition) is 2. The summed E-state index contributed by atoms with van der Waals surface area (Å²) in [5.74, 6) is 0. The Balaban J connectivity index is 1.66. The van der Waals surface area contributed by atoms with Crippen molar-refractivity contribution in [2.24, 2.45) is 0 Å². The van der Waals surface area contributed by atoms with Crippen molar-refractivity contribution in [1.82, 2.24) is 10.2 Å². The lowest BCUT2D eigenvalue weighted by Crippen LogP contribution is -2.31. The Bertz CT molecular complexity index is 433. The Labute approximate surface area is 127 Å². The molecule has 0 aliphatic carbocycles. The van der Waals surface area contributed by atoms with E-state index in [1.54, 1.807) is 0 Å². The second-order valence-corrected chi connectivity index (χ2v) is 6.07. The molecule has 0 amide bonds. The molecule has 4 heteroatoms. The van der Waals surface area contributed by atoms with Gasteiger partial charge in [0, 0.05) is 12.2 Å². The molecule has 1 aromatic carbocycles. The van der Waals surface area contributed by atoms with Crippen LogP contribution in [0.25, 0.3) is 0 Å². The summed E-state index contributed by atoms with van der Waals surface area (Å²) in [5, 5.41) is 7.27. The Morgan fingerprint density at radius 3 is 2.45 bits per heavy atom. The van der Waals surface area contributed by atoms with Gasteiger partial charge in [-0.05, 0) is 88.2 Å². The lowest BCUT2D eigenvalue weighted by atomic mass is 10.1. The Morgan fingerprint density at radius 1 is 1.15 bits per heavy atom. The first-order valence-corrected chi connectivity index (χ1v) is 7.90. The van der Waals surface area contributed by atoms with E-state index in [4.69, 9.17) is 12.2 Å². The monoisotopic (exact) mass is 291 g/mol. The van der Waals surface area contributed by atoms with Gasteiger partial charge < -0.3 is 15.5 Å². The van der Waals surface area contributed by atoms with Crippen molar-refractivity contribution in [1.29, 1.82) is 0 Å². The molecule has 0 atom stereocenters. The van der Waals surface area contributed by atoms with E-state index in [9.17, 15) is 0 Å². The molecule has 0 aromatic heterocycles. The van der Waals surface area contributed by atoms with Crippen LogP contribution in [0.5, 0.6) is 0 Å². The molecular formula is C16H25N3S. The molecule has 1 aromatic rings. The van der Waals surface area contributed by atoms with E-state index in [-0.39, 0.29) is 0 Å². The second-order valence-electron chi connectivity index (χ2n) is 5.66. The number of anilines is 1. The van der Waals surface area contributed by atoms with Gasteiger partial charge in [0.05, 0.1) is 0 Å². The van der Waals surface area contributed by atoms with E-state index in [1.165, 1.54) is 43.6 Å². The zero-order valence-corrected chi connectivity index (χ0v) is 13.4. The third kappa shape index (κ3) is 5.10. The summed E-state index contributed by atoms with van der Waals surface area (Å²) in [6.45, 7) is 8.86. The van der Waals surface area contributed by atoms with Crippen LogP contribution >= 0.6 is 12.2 Å². The van der Waals surface area contributed by atoms with Crippen LogP contribution in [0.1, 0.15) is 30.4 Å². The molecular weight excluding hydrogens is 266 g/mol. The fraction of sp³-hybridized carbons (Fsp3) is 0.562. The molecule has 1 aliphatic rings. The number of nitrogens with one attached hydrogen (secondary N) is 2. The van der Waals surface area contributed by atoms with Gasteiger partial charge in [0.1, 0.15) is 0 Å². The Hall–Kier alpha value is -1.13. The van der Waals surface area contributed by atoms with Crippen molar-refractivity contribution < 1.29 is 0 Å². The van der Waals surface area contributed by atoms with Crippen LogP contribution in [0.2, 0.25) is 0 Å². The third-order valence-electron chi connectivity index (χ3n) is 3.61. The number of thiocarbonyl (C=S) groups is 1. The third-order valence-corrected chi connectivity index (χ3v) is 3.86. The summed E-state index contributed by atoms with van der Waals surface area (Å²) in [7, 11) is 0. The zero-order valence-electron chi connectivity index (χ0n) is 12.5. The lowest BCUT2D eigenvalue weighted by molar-refractivity contribution is 0.334. The molecule has 1 aliphatic heterocycles. The first kappa shape index (κ1) is 15.3. The molecule has 2 rings (SSSR count). The number of benzene rings is 1. The van der Waals surface area contributed by atoms with Crippen molar-refractivity contribution in [3.63, 3.8) is 0 Å². The fourth-order valence-corrected chi connectivity index (χ4v) is 2.95. The van der Waals surface area contributed by atoms with E-state index >= 15 is 0 Å². The lowest BCUT2D eigenvalue weighted by Gasteiger charge is -2.15. The van der Waals surface area contributed by atoms with Crippen LogP contribution in [-0.4, -0.2) is 36.2 Å². The summed E-state index contributed by atoms with van der Waals surface area (Å²) in [4.78, 5) is 2.53. The predicted molar refractivity (Wildman–Crippen MR) is 90.4 cm³/mol. The normalized spacial score (nSPS) is 15.3. The van der Waals surface area contributed by atoms with Gasteiger partial charge in [-0.3, -0.25) is 0 Å². The smallest absolute Gasteiger partial charge is 0.170 e. The summed E-state index contributed by atoms with van der Waals surface area (Å²) in [6.07, 6.45) is 3.87. The molecule has 110 valence electrons. The van der Waals surface area contributed by atoms with Crippen molar-refractivity contribution in [3.8, 4) is 0 Å². The zero-order chi connectivity index (χ0) is 14.4. The molecule has 2 N–H and O–H groups in total. The van der Waals surface area contributed by atoms with Gasteiger partial charge in [0.25, 0.3) is 0 Å². The molecule has 20 heavy (non-hydrogen) atoms. The van der Waals surface area contributed by atoms with Gasteiger partial charge in [0.15, 0.2) is 5.11 Å². The van der Waals surface area contributed by atoms with Crippen molar-refractivity contribution in [2.45, 2.75) is 33.1 Å². The van der Waals surface area contributed by atoms with Crippen molar-refractivity contribution >= 4 is 23.0 Å². The molecule has 1 saturated heterocycles. The standard InChI is InChI=1S/C16H25N3S/c1-13-10-14(2)12-15(11-13)18-16(20)17-6-5-9-19-7-3-4-8-19/h10-12H,3-9H2,1-2H3,(H2,17,18,20). The summed E-state index contributed by atoms with van der Waals surface area (Å²) in [5.41, 5.74) is 3.58. The highest BCUT2D eigenvalue weighted by molar-refractivity contribution is 7.80. The van der Waals surface area contributed by atoms with Gasteiger partial charge in [-0.25, -0.2) is 0 Å². The van der Waals surface area contributed by atoms with E-state index in [1.807, 2.05) is 0 Å². The molecule has 0 unspecified atom stereocenters. The summed E-state index contributed by atoms with van der Waals surface area (Å²) in [6, 6.07) is 6.40. The maximum atomic E-state index is 5.33. The second kappa shape index (κ2) is 7.60. The van der Waals surface area contributed by atoms with Gasteiger partial charge >= 0.3 is 0 Å². The first-order chi connectivity index (χ1) is 9.63. The Kier molecular flexibility index (Phi) is 5.80. The van der Waals surface area contributed by atoms with Crippen LogP contribution in [0, 0.1) is 13.8 Å². The topological polar surface area (TPSA) is 27.3 Å². The minimum Gasteiger partial charge on any atom is -0.362 e. The highest BCUT2D eigenvalue weighted by Crippen LogP contribution is 2.13. The number of aryl methyl sites for hydroxylation is 2. The Morgan fingerprint density at radius 2 is 1.80 bits per heavy atom. The van der Waals surface area contributed by atoms with Crippen LogP contribution < -0.4 is 10.6 Å². The van der Waals surface area contributed by atoms with Crippen molar-refractivity contribution in [3.05, 3.63) is 29.3 Å². The van der Waals surface area contributed by atoms with Crippen LogP contribution in [0.15, 0.2) is 18.2 Å². The molecule has 3 nitrogen and oxygen atoms in total. The van der Waals surface area contributed by atoms with E-state index in [2.05, 4.69) is 47.6 Å². The van der Waals surface area contributed by atoms with E-state index in [0.717, 1.165) is 23.8 Å². The van der Waals surface area contributed by atoms with Crippen LogP contribution in [-0.2, 0) is 0 Å². The number of rotatable bonds is 5. The molecule has 0 bridgehead atoms. The van der Waals surface area contributed by atoms with Crippen LogP contribution in [0.4, 0.5) is 5.69 Å². The molecule has 0 spiro atoms. The minimum absolute atomic E-state index is 0.719. The van der Waals surface area contributed by atoms with Gasteiger partial charge in [0.2, 0.25) is 0 Å². The first-order valence-electron chi connectivity index (χ1n) is 7.49. The predicted octanol–water partition coefficient (Wildman–Crippen LogP) is 3.08. The SMILES string of the molecule is Cc1cc(C)cc(NC(=S)NCCCN2CCCC2)c1. The molecule has 0 radical (unpaired) electrons. The van der Waals surface area contributed by atoms with E-state index in [0.29, 0.717) is 0 Å². The average molecular weight is 291 g/mol. The quantitative estimate of drug-likeness (QED) is 0.644. The fourth-order valence-electron chi connectivity index (χ4n) is 2.73. The summed E-state index contributed by atoms with van der Waals surface area (Å²) >= 11 is 5.33. The van der Waals surface area contributed by atoms with Crippen molar-refractivity contribution in [2.75, 3.05) is 31.5 Å². The number of nitrogens with zero attached hydrogens (tertiary/aromatic N) is 1. The number of likely N-dealkylation sites (tertiary alicyclic amines) is 1.